The molecule has 1 saturated heterocycles. The number of rotatable bonds is 5. The Kier molecular flexibility index (Phi) is 5.93. The van der Waals surface area contributed by atoms with Gasteiger partial charge in [-0.2, -0.15) is 0 Å². The fraction of sp³-hybridized carbons (Fsp3) is 0.600. The Balaban J connectivity index is 2.32. The van der Waals surface area contributed by atoms with Crippen LogP contribution < -0.4 is 5.32 Å². The zero-order chi connectivity index (χ0) is 14.5. The third kappa shape index (κ3) is 3.57. The quantitative estimate of drug-likeness (QED) is 0.806. The van der Waals surface area contributed by atoms with Gasteiger partial charge < -0.3 is 10.1 Å². The Morgan fingerprint density at radius 2 is 2.05 bits per heavy atom. The summed E-state index contributed by atoms with van der Waals surface area (Å²) in [6.07, 6.45) is 2.58. The summed E-state index contributed by atoms with van der Waals surface area (Å²) in [5.74, 6) is -0.774. The Morgan fingerprint density at radius 3 is 2.70 bits per heavy atom. The van der Waals surface area contributed by atoms with Crippen molar-refractivity contribution in [2.24, 2.45) is 5.92 Å². The number of hydrogen-bond donors (Lipinski definition) is 1. The van der Waals surface area contributed by atoms with E-state index in [4.69, 9.17) is 4.74 Å². The molecule has 0 saturated carbocycles. The maximum atomic E-state index is 14.3. The predicted octanol–water partition coefficient (Wildman–Crippen LogP) is 4.19. The van der Waals surface area contributed by atoms with Crippen LogP contribution in [0.5, 0.6) is 0 Å². The van der Waals surface area contributed by atoms with Crippen LogP contribution in [-0.4, -0.2) is 19.8 Å². The van der Waals surface area contributed by atoms with E-state index < -0.39 is 11.6 Å². The summed E-state index contributed by atoms with van der Waals surface area (Å²) in [5.41, 5.74) is 0.153. The first-order valence-corrected chi connectivity index (χ1v) is 7.89. The van der Waals surface area contributed by atoms with Gasteiger partial charge in [0.2, 0.25) is 0 Å². The molecule has 1 fully saturated rings. The minimum atomic E-state index is -0.495. The standard InChI is InChI=1S/C15H20BrF2NO/c1-2-7-19-15(10-5-8-20-9-6-10)13-12(17)4-3-11(16)14(13)18/h3-4,10,15,19H,2,5-9H2,1H3. The van der Waals surface area contributed by atoms with Crippen molar-refractivity contribution in [2.45, 2.75) is 32.2 Å². The molecule has 0 radical (unpaired) electrons. The second-order valence-corrected chi connectivity index (χ2v) is 5.99. The van der Waals surface area contributed by atoms with E-state index in [1.807, 2.05) is 6.92 Å². The molecule has 1 heterocycles. The molecule has 1 aromatic rings. The number of hydrogen-bond acceptors (Lipinski definition) is 2. The molecule has 1 aliphatic heterocycles. The van der Waals surface area contributed by atoms with Gasteiger partial charge in [-0.1, -0.05) is 6.92 Å². The van der Waals surface area contributed by atoms with E-state index in [9.17, 15) is 8.78 Å². The first-order chi connectivity index (χ1) is 9.65. The molecule has 1 N–H and O–H groups in total. The fourth-order valence-electron chi connectivity index (χ4n) is 2.68. The van der Waals surface area contributed by atoms with Gasteiger partial charge >= 0.3 is 0 Å². The molecule has 2 rings (SSSR count). The Hall–Kier alpha value is -0.520. The van der Waals surface area contributed by atoms with Crippen LogP contribution in [0.3, 0.4) is 0 Å². The fourth-order valence-corrected chi connectivity index (χ4v) is 3.03. The normalized spacial score (nSPS) is 18.2. The van der Waals surface area contributed by atoms with Crippen LogP contribution in [0.4, 0.5) is 8.78 Å². The van der Waals surface area contributed by atoms with Crippen molar-refractivity contribution in [3.8, 4) is 0 Å². The zero-order valence-electron chi connectivity index (χ0n) is 11.6. The lowest BCUT2D eigenvalue weighted by atomic mass is 9.86. The average Bonchev–Trinajstić information content (AvgIpc) is 2.47. The maximum Gasteiger partial charge on any atom is 0.145 e. The van der Waals surface area contributed by atoms with Gasteiger partial charge in [0, 0.05) is 24.8 Å². The predicted molar refractivity (Wildman–Crippen MR) is 78.6 cm³/mol. The molecule has 1 aliphatic rings. The molecule has 0 bridgehead atoms. The highest BCUT2D eigenvalue weighted by Gasteiger charge is 2.30. The first-order valence-electron chi connectivity index (χ1n) is 7.09. The van der Waals surface area contributed by atoms with Gasteiger partial charge in [0.25, 0.3) is 0 Å². The van der Waals surface area contributed by atoms with Gasteiger partial charge in [-0.25, -0.2) is 8.78 Å². The summed E-state index contributed by atoms with van der Waals surface area (Å²) in [6.45, 7) is 4.10. The van der Waals surface area contributed by atoms with E-state index in [2.05, 4.69) is 21.2 Å². The molecule has 0 spiro atoms. The summed E-state index contributed by atoms with van der Waals surface area (Å²) < 4.78 is 34.1. The summed E-state index contributed by atoms with van der Waals surface area (Å²) in [7, 11) is 0. The Labute approximate surface area is 127 Å². The van der Waals surface area contributed by atoms with Crippen molar-refractivity contribution in [3.05, 3.63) is 33.8 Å². The van der Waals surface area contributed by atoms with Gasteiger partial charge in [-0.05, 0) is 59.8 Å². The first kappa shape index (κ1) is 15.9. The molecule has 0 aromatic heterocycles. The minimum absolute atomic E-state index is 0.153. The van der Waals surface area contributed by atoms with Gasteiger partial charge in [-0.3, -0.25) is 0 Å². The summed E-state index contributed by atoms with van der Waals surface area (Å²) >= 11 is 3.15. The Morgan fingerprint density at radius 1 is 1.35 bits per heavy atom. The lowest BCUT2D eigenvalue weighted by molar-refractivity contribution is 0.0526. The third-order valence-corrected chi connectivity index (χ3v) is 4.35. The number of ether oxygens (including phenoxy) is 1. The molecule has 112 valence electrons. The maximum absolute atomic E-state index is 14.3. The lowest BCUT2D eigenvalue weighted by Gasteiger charge is -2.32. The van der Waals surface area contributed by atoms with E-state index in [0.717, 1.165) is 25.8 Å². The zero-order valence-corrected chi connectivity index (χ0v) is 13.2. The molecular formula is C15H20BrF2NO. The van der Waals surface area contributed by atoms with E-state index >= 15 is 0 Å². The van der Waals surface area contributed by atoms with E-state index in [1.165, 1.54) is 12.1 Å². The van der Waals surface area contributed by atoms with Crippen molar-refractivity contribution in [1.82, 2.24) is 5.32 Å². The van der Waals surface area contributed by atoms with Gasteiger partial charge in [0.15, 0.2) is 0 Å². The smallest absolute Gasteiger partial charge is 0.145 e. The number of benzene rings is 1. The average molecular weight is 348 g/mol. The second-order valence-electron chi connectivity index (χ2n) is 5.14. The van der Waals surface area contributed by atoms with E-state index in [-0.39, 0.29) is 17.5 Å². The van der Waals surface area contributed by atoms with Crippen LogP contribution in [0.25, 0.3) is 0 Å². The van der Waals surface area contributed by atoms with Crippen LogP contribution in [0.15, 0.2) is 16.6 Å². The van der Waals surface area contributed by atoms with Crippen LogP contribution in [0, 0.1) is 17.6 Å². The molecule has 1 unspecified atom stereocenters. The van der Waals surface area contributed by atoms with Gasteiger partial charge in [-0.15, -0.1) is 0 Å². The minimum Gasteiger partial charge on any atom is -0.381 e. The van der Waals surface area contributed by atoms with Gasteiger partial charge in [0.1, 0.15) is 11.6 Å². The topological polar surface area (TPSA) is 21.3 Å². The monoisotopic (exact) mass is 347 g/mol. The number of halogens is 3. The molecule has 5 heteroatoms. The summed E-state index contributed by atoms with van der Waals surface area (Å²) in [6, 6.07) is 2.44. The summed E-state index contributed by atoms with van der Waals surface area (Å²) in [4.78, 5) is 0. The lowest BCUT2D eigenvalue weighted by Crippen LogP contribution is -2.34. The SMILES string of the molecule is CCCNC(c1c(F)ccc(Br)c1F)C1CCOCC1. The molecular weight excluding hydrogens is 328 g/mol. The summed E-state index contributed by atoms with van der Waals surface area (Å²) in [5, 5.41) is 3.31. The van der Waals surface area contributed by atoms with Crippen LogP contribution in [0.2, 0.25) is 0 Å². The highest BCUT2D eigenvalue weighted by molar-refractivity contribution is 9.10. The number of nitrogens with one attached hydrogen (secondary N) is 1. The molecule has 0 amide bonds. The van der Waals surface area contributed by atoms with Crippen molar-refractivity contribution >= 4 is 15.9 Å². The van der Waals surface area contributed by atoms with E-state index in [1.54, 1.807) is 0 Å². The van der Waals surface area contributed by atoms with Crippen LogP contribution in [0.1, 0.15) is 37.8 Å². The van der Waals surface area contributed by atoms with Crippen molar-refractivity contribution < 1.29 is 13.5 Å². The largest absolute Gasteiger partial charge is 0.381 e. The van der Waals surface area contributed by atoms with Crippen molar-refractivity contribution in [3.63, 3.8) is 0 Å². The van der Waals surface area contributed by atoms with Crippen LogP contribution >= 0.6 is 15.9 Å². The molecule has 1 aromatic carbocycles. The third-order valence-electron chi connectivity index (χ3n) is 3.74. The molecule has 20 heavy (non-hydrogen) atoms. The Bertz CT molecular complexity index is 450. The molecule has 1 atom stereocenters. The molecule has 2 nitrogen and oxygen atoms in total. The molecule has 0 aliphatic carbocycles. The highest BCUT2D eigenvalue weighted by Crippen LogP contribution is 2.35. The van der Waals surface area contributed by atoms with Crippen molar-refractivity contribution in [2.75, 3.05) is 19.8 Å². The highest BCUT2D eigenvalue weighted by atomic mass is 79.9. The van der Waals surface area contributed by atoms with Gasteiger partial charge in [0.05, 0.1) is 4.47 Å². The second kappa shape index (κ2) is 7.48. The van der Waals surface area contributed by atoms with E-state index in [0.29, 0.717) is 17.7 Å². The van der Waals surface area contributed by atoms with Crippen LogP contribution in [-0.2, 0) is 4.74 Å². The van der Waals surface area contributed by atoms with Crippen molar-refractivity contribution in [1.29, 1.82) is 0 Å².